The van der Waals surface area contributed by atoms with Crippen molar-refractivity contribution in [2.24, 2.45) is 11.8 Å². The molecule has 3 amide bonds. The number of benzene rings is 2. The Balaban J connectivity index is 1.01. The summed E-state index contributed by atoms with van der Waals surface area (Å²) >= 11 is 0. The van der Waals surface area contributed by atoms with Crippen LogP contribution in [0.15, 0.2) is 24.3 Å². The third kappa shape index (κ3) is 4.94. The van der Waals surface area contributed by atoms with Crippen LogP contribution in [0.1, 0.15) is 53.8 Å². The fourth-order valence-corrected chi connectivity index (χ4v) is 7.02. The van der Waals surface area contributed by atoms with Gasteiger partial charge < -0.3 is 44.1 Å². The van der Waals surface area contributed by atoms with Gasteiger partial charge in [-0.15, -0.1) is 0 Å². The number of fused-ring (bicyclic) bond motifs is 6. The molecule has 0 spiro atoms. The van der Waals surface area contributed by atoms with E-state index in [1.54, 1.807) is 36.3 Å². The molecule has 7 rings (SSSR count). The summed E-state index contributed by atoms with van der Waals surface area (Å²) in [5.41, 5.74) is 2.01. The fraction of sp³-hybridized carbons (Fsp3) is 0.531. The lowest BCUT2D eigenvalue weighted by Gasteiger charge is -2.27. The molecule has 3 fully saturated rings. The molecule has 0 radical (unpaired) electrons. The standard InChI is InChI=1S/C32H38N4O8/c1-16-8-22-28-30(44-28)34-21-13-27(25(41-4)11-19(21)31(38)35(22)14-16)43-7-5-6-42-26-12-20-18(10-24(26)40-3)32(39)36-15-17(2)9-23(36)29(37)33-20/h10-13,16-17,22-23,28,30,34H,5-9,14-15H2,1-4H3,(H,33,37). The number of carbonyl (C=O) groups is 3. The van der Waals surface area contributed by atoms with Crippen molar-refractivity contribution in [1.82, 2.24) is 9.80 Å². The maximum Gasteiger partial charge on any atom is 0.256 e. The summed E-state index contributed by atoms with van der Waals surface area (Å²) in [6.07, 6.45) is 1.96. The summed E-state index contributed by atoms with van der Waals surface area (Å²) in [6.45, 7) is 6.07. The summed E-state index contributed by atoms with van der Waals surface area (Å²) in [5, 5.41) is 6.28. The lowest BCUT2D eigenvalue weighted by molar-refractivity contribution is -0.119. The molecule has 5 heterocycles. The van der Waals surface area contributed by atoms with Crippen LogP contribution < -0.4 is 29.6 Å². The lowest BCUT2D eigenvalue weighted by Crippen LogP contribution is -2.41. The second kappa shape index (κ2) is 11.1. The summed E-state index contributed by atoms with van der Waals surface area (Å²) in [6, 6.07) is 6.43. The number of hydrogen-bond acceptors (Lipinski definition) is 9. The Morgan fingerprint density at radius 1 is 0.795 bits per heavy atom. The highest BCUT2D eigenvalue weighted by Crippen LogP contribution is 2.44. The van der Waals surface area contributed by atoms with Gasteiger partial charge in [-0.05, 0) is 36.8 Å². The molecule has 12 nitrogen and oxygen atoms in total. The van der Waals surface area contributed by atoms with E-state index < -0.39 is 6.04 Å². The fourth-order valence-electron chi connectivity index (χ4n) is 7.02. The first-order chi connectivity index (χ1) is 21.2. The van der Waals surface area contributed by atoms with Crippen molar-refractivity contribution in [3.05, 3.63) is 35.4 Å². The molecule has 6 unspecified atom stereocenters. The Labute approximate surface area is 255 Å². The number of anilines is 2. The molecule has 3 saturated heterocycles. The van der Waals surface area contributed by atoms with Gasteiger partial charge >= 0.3 is 0 Å². The monoisotopic (exact) mass is 606 g/mol. The van der Waals surface area contributed by atoms with Gasteiger partial charge in [-0.3, -0.25) is 14.4 Å². The molecule has 5 aliphatic heterocycles. The van der Waals surface area contributed by atoms with E-state index in [1.165, 1.54) is 7.11 Å². The van der Waals surface area contributed by atoms with Crippen molar-refractivity contribution < 1.29 is 38.1 Å². The average Bonchev–Trinajstić information content (AvgIpc) is 3.49. The van der Waals surface area contributed by atoms with Crippen LogP contribution in [0.3, 0.4) is 0 Å². The summed E-state index contributed by atoms with van der Waals surface area (Å²) < 4.78 is 29.2. The Bertz CT molecular complexity index is 1510. The van der Waals surface area contributed by atoms with Crippen LogP contribution in [0.5, 0.6) is 23.0 Å². The van der Waals surface area contributed by atoms with E-state index in [0.717, 1.165) is 6.42 Å². The number of rotatable bonds is 8. The normalized spacial score (nSPS) is 28.2. The molecule has 2 aromatic rings. The molecule has 234 valence electrons. The summed E-state index contributed by atoms with van der Waals surface area (Å²) in [5.74, 6) is 2.09. The lowest BCUT2D eigenvalue weighted by atomic mass is 10.0. The predicted octanol–water partition coefficient (Wildman–Crippen LogP) is 3.36. The number of nitrogens with zero attached hydrogens (tertiary/aromatic N) is 2. The van der Waals surface area contributed by atoms with Gasteiger partial charge in [0.15, 0.2) is 29.2 Å². The molecule has 0 saturated carbocycles. The maximum absolute atomic E-state index is 13.5. The van der Waals surface area contributed by atoms with Crippen molar-refractivity contribution >= 4 is 29.1 Å². The van der Waals surface area contributed by atoms with Crippen LogP contribution in [0.25, 0.3) is 0 Å². The number of ether oxygens (including phenoxy) is 5. The highest BCUT2D eigenvalue weighted by Gasteiger charge is 2.53. The third-order valence-corrected chi connectivity index (χ3v) is 9.22. The quantitative estimate of drug-likeness (QED) is 0.343. The average molecular weight is 607 g/mol. The molecule has 0 bridgehead atoms. The minimum Gasteiger partial charge on any atom is -0.493 e. The topological polar surface area (TPSA) is 131 Å². The number of hydrogen-bond donors (Lipinski definition) is 2. The second-order valence-electron chi connectivity index (χ2n) is 12.5. The SMILES string of the molecule is COc1cc2c(cc1OCCCOc1cc3c(cc1OC)C(=O)N1CC(C)CC1C1OC1N3)NC(=O)C1CC(C)CN1C2=O. The minimum absolute atomic E-state index is 0.00193. The van der Waals surface area contributed by atoms with Crippen molar-refractivity contribution in [3.63, 3.8) is 0 Å². The summed E-state index contributed by atoms with van der Waals surface area (Å²) in [7, 11) is 3.07. The van der Waals surface area contributed by atoms with E-state index in [1.807, 2.05) is 11.8 Å². The molecular weight excluding hydrogens is 568 g/mol. The first-order valence-electron chi connectivity index (χ1n) is 15.3. The maximum atomic E-state index is 13.5. The van der Waals surface area contributed by atoms with Gasteiger partial charge in [0.2, 0.25) is 5.91 Å². The van der Waals surface area contributed by atoms with Gasteiger partial charge in [-0.25, -0.2) is 0 Å². The molecule has 6 atom stereocenters. The molecule has 44 heavy (non-hydrogen) atoms. The number of epoxide rings is 1. The van der Waals surface area contributed by atoms with Gasteiger partial charge in [0.05, 0.1) is 56.0 Å². The van der Waals surface area contributed by atoms with E-state index in [2.05, 4.69) is 17.6 Å². The highest BCUT2D eigenvalue weighted by atomic mass is 16.6. The number of methoxy groups -OCH3 is 2. The third-order valence-electron chi connectivity index (χ3n) is 9.22. The second-order valence-corrected chi connectivity index (χ2v) is 12.5. The molecular formula is C32H38N4O8. The Kier molecular flexibility index (Phi) is 7.19. The van der Waals surface area contributed by atoms with Crippen molar-refractivity contribution in [1.29, 1.82) is 0 Å². The first-order valence-corrected chi connectivity index (χ1v) is 15.3. The largest absolute Gasteiger partial charge is 0.493 e. The zero-order chi connectivity index (χ0) is 30.7. The van der Waals surface area contributed by atoms with Crippen LogP contribution in [0.4, 0.5) is 11.4 Å². The number of carbonyl (C=O) groups excluding carboxylic acids is 3. The van der Waals surface area contributed by atoms with Crippen LogP contribution in [-0.2, 0) is 9.53 Å². The van der Waals surface area contributed by atoms with Gasteiger partial charge in [-0.2, -0.15) is 0 Å². The van der Waals surface area contributed by atoms with Crippen molar-refractivity contribution in [3.8, 4) is 23.0 Å². The Morgan fingerprint density at radius 3 is 2.07 bits per heavy atom. The van der Waals surface area contributed by atoms with E-state index in [9.17, 15) is 14.4 Å². The number of amides is 3. The molecule has 0 aromatic heterocycles. The zero-order valence-electron chi connectivity index (χ0n) is 25.4. The highest BCUT2D eigenvalue weighted by molar-refractivity contribution is 6.10. The number of nitrogens with one attached hydrogen (secondary N) is 2. The Morgan fingerprint density at radius 2 is 1.39 bits per heavy atom. The predicted molar refractivity (Wildman–Crippen MR) is 160 cm³/mol. The van der Waals surface area contributed by atoms with Crippen molar-refractivity contribution in [2.45, 2.75) is 57.5 Å². The van der Waals surface area contributed by atoms with Crippen LogP contribution in [0, 0.1) is 11.8 Å². The van der Waals surface area contributed by atoms with Crippen LogP contribution >= 0.6 is 0 Å². The molecule has 5 aliphatic rings. The van der Waals surface area contributed by atoms with Gasteiger partial charge in [-0.1, -0.05) is 13.8 Å². The molecule has 2 N–H and O–H groups in total. The van der Waals surface area contributed by atoms with Crippen LogP contribution in [0.2, 0.25) is 0 Å². The van der Waals surface area contributed by atoms with E-state index in [0.29, 0.717) is 90.6 Å². The van der Waals surface area contributed by atoms with Crippen molar-refractivity contribution in [2.75, 3.05) is 51.2 Å². The van der Waals surface area contributed by atoms with Gasteiger partial charge in [0, 0.05) is 31.6 Å². The first kappa shape index (κ1) is 28.6. The van der Waals surface area contributed by atoms with Gasteiger partial charge in [0.1, 0.15) is 12.1 Å². The Hall–Kier alpha value is -4.19. The zero-order valence-corrected chi connectivity index (χ0v) is 25.4. The molecule has 2 aromatic carbocycles. The molecule has 0 aliphatic carbocycles. The van der Waals surface area contributed by atoms with E-state index in [4.69, 9.17) is 23.7 Å². The van der Waals surface area contributed by atoms with Gasteiger partial charge in [0.25, 0.3) is 11.8 Å². The smallest absolute Gasteiger partial charge is 0.256 e. The van der Waals surface area contributed by atoms with E-state index in [-0.39, 0.29) is 42.0 Å². The molecule has 12 heteroatoms. The minimum atomic E-state index is -0.473. The summed E-state index contributed by atoms with van der Waals surface area (Å²) in [4.78, 5) is 43.3. The van der Waals surface area contributed by atoms with Crippen LogP contribution in [-0.4, -0.2) is 92.5 Å². The van der Waals surface area contributed by atoms with E-state index >= 15 is 0 Å².